The van der Waals surface area contributed by atoms with Crippen LogP contribution in [0.3, 0.4) is 0 Å². The minimum Gasteiger partial charge on any atom is -0.507 e. The molecule has 0 saturated carbocycles. The third-order valence-corrected chi connectivity index (χ3v) is 8.94. The van der Waals surface area contributed by atoms with Crippen molar-refractivity contribution in [3.8, 4) is 5.75 Å². The lowest BCUT2D eigenvalue weighted by molar-refractivity contribution is -0.132. The molecule has 7 nitrogen and oxygen atoms in total. The zero-order valence-electron chi connectivity index (χ0n) is 22.6. The molecule has 0 spiro atoms. The summed E-state index contributed by atoms with van der Waals surface area (Å²) < 4.78 is 19.8. The van der Waals surface area contributed by atoms with Gasteiger partial charge < -0.3 is 9.84 Å². The molecule has 1 N–H and O–H groups in total. The summed E-state index contributed by atoms with van der Waals surface area (Å²) >= 11 is 2.56. The van der Waals surface area contributed by atoms with Gasteiger partial charge in [-0.1, -0.05) is 108 Å². The van der Waals surface area contributed by atoms with Gasteiger partial charge in [-0.25, -0.2) is 4.39 Å². The number of hydrogen-bond donors (Lipinski definition) is 1. The molecule has 214 valence electrons. The second-order valence-electron chi connectivity index (χ2n) is 9.64. The number of halogens is 1. The van der Waals surface area contributed by atoms with Gasteiger partial charge in [0, 0.05) is 11.3 Å². The molecule has 1 aliphatic rings. The summed E-state index contributed by atoms with van der Waals surface area (Å²) in [6.45, 7) is 0.385. The molecule has 5 aromatic rings. The van der Waals surface area contributed by atoms with Crippen LogP contribution in [0.2, 0.25) is 0 Å². The van der Waals surface area contributed by atoms with Gasteiger partial charge in [0.2, 0.25) is 5.13 Å². The van der Waals surface area contributed by atoms with Gasteiger partial charge in [-0.3, -0.25) is 14.5 Å². The average molecular weight is 610 g/mol. The number of carbonyl (C=O) groups excluding carboxylic acids is 2. The van der Waals surface area contributed by atoms with E-state index in [1.165, 1.54) is 40.1 Å². The number of thioether (sulfide) groups is 1. The number of nitrogens with zero attached hydrogens (tertiary/aromatic N) is 3. The van der Waals surface area contributed by atoms with E-state index in [2.05, 4.69) is 10.2 Å². The molecule has 1 aromatic heterocycles. The molecule has 1 amide bonds. The van der Waals surface area contributed by atoms with E-state index in [1.54, 1.807) is 66.7 Å². The van der Waals surface area contributed by atoms with Crippen LogP contribution in [-0.4, -0.2) is 27.0 Å². The Bertz CT molecular complexity index is 1780. The maximum Gasteiger partial charge on any atom is 0.301 e. The molecular formula is C33H24FN3O4S2. The summed E-state index contributed by atoms with van der Waals surface area (Å²) in [6.07, 6.45) is 0. The van der Waals surface area contributed by atoms with Gasteiger partial charge in [-0.15, -0.1) is 10.2 Å². The molecule has 0 bridgehead atoms. The topological polar surface area (TPSA) is 92.6 Å². The standard InChI is InChI=1S/C33H24FN3O4S2/c34-25-15-11-22(12-16-25)20-42-33-36-35-32(43-33)37-28(27(30(39)31(37)40)29(38)24-9-5-2-6-10-24)23-13-17-26(18-14-23)41-19-21-7-3-1-4-8-21/h1-18,28,38H,19-20H2/b29-27-. The molecule has 0 radical (unpaired) electrons. The van der Waals surface area contributed by atoms with Crippen LogP contribution in [0.15, 0.2) is 119 Å². The van der Waals surface area contributed by atoms with Crippen molar-refractivity contribution in [3.05, 3.63) is 143 Å². The first-order valence-corrected chi connectivity index (χ1v) is 15.1. The van der Waals surface area contributed by atoms with Crippen molar-refractivity contribution in [2.75, 3.05) is 4.90 Å². The summed E-state index contributed by atoms with van der Waals surface area (Å²) in [7, 11) is 0. The van der Waals surface area contributed by atoms with E-state index in [0.29, 0.717) is 33.6 Å². The van der Waals surface area contributed by atoms with Crippen molar-refractivity contribution in [3.63, 3.8) is 0 Å². The van der Waals surface area contributed by atoms with Crippen molar-refractivity contribution >= 4 is 45.7 Å². The van der Waals surface area contributed by atoms with Crippen molar-refractivity contribution in [2.45, 2.75) is 22.7 Å². The minimum atomic E-state index is -0.939. The molecule has 1 aliphatic heterocycles. The number of hydrogen-bond acceptors (Lipinski definition) is 8. The van der Waals surface area contributed by atoms with Crippen molar-refractivity contribution in [1.29, 1.82) is 0 Å². The Hall–Kier alpha value is -4.80. The number of benzene rings is 4. The first kappa shape index (κ1) is 28.3. The molecule has 1 unspecified atom stereocenters. The monoisotopic (exact) mass is 609 g/mol. The van der Waals surface area contributed by atoms with Crippen LogP contribution in [0.1, 0.15) is 28.3 Å². The number of Topliss-reactive ketones (excluding diaryl/α,β-unsaturated/α-hetero) is 1. The van der Waals surface area contributed by atoms with Gasteiger partial charge in [0.1, 0.15) is 23.9 Å². The van der Waals surface area contributed by atoms with Crippen LogP contribution in [0.4, 0.5) is 9.52 Å². The van der Waals surface area contributed by atoms with Crippen molar-refractivity contribution < 1.29 is 23.8 Å². The lowest BCUT2D eigenvalue weighted by Crippen LogP contribution is -2.29. The maximum absolute atomic E-state index is 13.5. The molecule has 43 heavy (non-hydrogen) atoms. The highest BCUT2D eigenvalue weighted by Gasteiger charge is 2.48. The number of anilines is 1. The molecule has 1 fully saturated rings. The van der Waals surface area contributed by atoms with E-state index < -0.39 is 17.7 Å². The van der Waals surface area contributed by atoms with E-state index >= 15 is 0 Å². The first-order chi connectivity index (χ1) is 21.0. The highest BCUT2D eigenvalue weighted by molar-refractivity contribution is 8.00. The van der Waals surface area contributed by atoms with Gasteiger partial charge in [0.15, 0.2) is 4.34 Å². The molecule has 0 aliphatic carbocycles. The summed E-state index contributed by atoms with van der Waals surface area (Å²) in [4.78, 5) is 28.2. The first-order valence-electron chi connectivity index (χ1n) is 13.3. The van der Waals surface area contributed by atoms with E-state index in [0.717, 1.165) is 11.1 Å². The van der Waals surface area contributed by atoms with Crippen LogP contribution >= 0.6 is 23.1 Å². The zero-order chi connectivity index (χ0) is 29.8. The second kappa shape index (κ2) is 12.6. The van der Waals surface area contributed by atoms with Gasteiger partial charge in [0.05, 0.1) is 11.6 Å². The molecular weight excluding hydrogens is 586 g/mol. The van der Waals surface area contributed by atoms with E-state index in [9.17, 15) is 19.1 Å². The highest BCUT2D eigenvalue weighted by atomic mass is 32.2. The summed E-state index contributed by atoms with van der Waals surface area (Å²) in [5, 5.41) is 20.0. The molecule has 1 saturated heterocycles. The van der Waals surface area contributed by atoms with Gasteiger partial charge >= 0.3 is 5.91 Å². The fraction of sp³-hybridized carbons (Fsp3) is 0.0909. The minimum absolute atomic E-state index is 0.0372. The number of amides is 1. The Balaban J connectivity index is 1.32. The Labute approximate surface area is 255 Å². The van der Waals surface area contributed by atoms with Crippen LogP contribution in [0.25, 0.3) is 5.76 Å². The van der Waals surface area contributed by atoms with E-state index in [-0.39, 0.29) is 22.3 Å². The maximum atomic E-state index is 13.5. The van der Waals surface area contributed by atoms with Crippen LogP contribution in [0, 0.1) is 5.82 Å². The normalized spacial score (nSPS) is 16.0. The van der Waals surface area contributed by atoms with Crippen LogP contribution < -0.4 is 9.64 Å². The summed E-state index contributed by atoms with van der Waals surface area (Å²) in [6, 6.07) is 30.7. The van der Waals surface area contributed by atoms with E-state index in [1.807, 2.05) is 30.3 Å². The smallest absolute Gasteiger partial charge is 0.301 e. The SMILES string of the molecule is O=C1C(=O)N(c2nnc(SCc3ccc(F)cc3)s2)C(c2ccc(OCc3ccccc3)cc2)/C1=C(/O)c1ccccc1. The molecule has 6 rings (SSSR count). The zero-order valence-corrected chi connectivity index (χ0v) is 24.2. The summed E-state index contributed by atoms with van der Waals surface area (Å²) in [5.41, 5.74) is 2.90. The third kappa shape index (κ3) is 6.20. The lowest BCUT2D eigenvalue weighted by atomic mass is 9.95. The summed E-state index contributed by atoms with van der Waals surface area (Å²) in [5.74, 6) is -1.07. The number of ether oxygens (including phenoxy) is 1. The predicted molar refractivity (Wildman–Crippen MR) is 164 cm³/mol. The quantitative estimate of drug-likeness (QED) is 0.0623. The number of ketones is 1. The Morgan fingerprint density at radius 2 is 1.53 bits per heavy atom. The molecule has 2 heterocycles. The molecule has 4 aromatic carbocycles. The molecule has 1 atom stereocenters. The molecule has 10 heteroatoms. The predicted octanol–water partition coefficient (Wildman–Crippen LogP) is 7.17. The highest BCUT2D eigenvalue weighted by Crippen LogP contribution is 2.44. The number of carbonyl (C=O) groups is 2. The fourth-order valence-corrected chi connectivity index (χ4v) is 6.49. The second-order valence-corrected chi connectivity index (χ2v) is 11.8. The number of aromatic nitrogens is 2. The largest absolute Gasteiger partial charge is 0.507 e. The lowest BCUT2D eigenvalue weighted by Gasteiger charge is -2.22. The van der Waals surface area contributed by atoms with Crippen molar-refractivity contribution in [1.82, 2.24) is 10.2 Å². The Kier molecular flexibility index (Phi) is 8.30. The van der Waals surface area contributed by atoms with Gasteiger partial charge in [-0.2, -0.15) is 0 Å². The third-order valence-electron chi connectivity index (χ3n) is 6.81. The Morgan fingerprint density at radius 1 is 0.860 bits per heavy atom. The van der Waals surface area contributed by atoms with Crippen LogP contribution in [0.5, 0.6) is 5.75 Å². The van der Waals surface area contributed by atoms with Crippen LogP contribution in [-0.2, 0) is 21.9 Å². The van der Waals surface area contributed by atoms with Gasteiger partial charge in [-0.05, 0) is 41.0 Å². The fourth-order valence-electron chi connectivity index (χ4n) is 4.67. The van der Waals surface area contributed by atoms with Crippen molar-refractivity contribution in [2.24, 2.45) is 0 Å². The number of aliphatic hydroxyl groups is 1. The average Bonchev–Trinajstić information content (AvgIpc) is 3.62. The van der Waals surface area contributed by atoms with Gasteiger partial charge in [0.25, 0.3) is 5.78 Å². The number of aliphatic hydroxyl groups excluding tert-OH is 1. The Morgan fingerprint density at radius 3 is 2.23 bits per heavy atom. The number of rotatable bonds is 9. The van der Waals surface area contributed by atoms with E-state index in [4.69, 9.17) is 4.74 Å².